The maximum atomic E-state index is 11.6. The van der Waals surface area contributed by atoms with E-state index in [2.05, 4.69) is 16.0 Å². The lowest BCUT2D eigenvalue weighted by Gasteiger charge is -2.24. The van der Waals surface area contributed by atoms with E-state index in [9.17, 15) is 9.59 Å². The first-order valence-electron chi connectivity index (χ1n) is 7.21. The molecule has 1 fully saturated rings. The van der Waals surface area contributed by atoms with Crippen LogP contribution in [-0.2, 0) is 0 Å². The summed E-state index contributed by atoms with van der Waals surface area (Å²) in [5.74, 6) is -0.700. The van der Waals surface area contributed by atoms with Crippen LogP contribution < -0.4 is 16.0 Å². The Morgan fingerprint density at radius 2 is 1.81 bits per heavy atom. The second-order valence-corrected chi connectivity index (χ2v) is 5.89. The lowest BCUT2D eigenvalue weighted by Crippen LogP contribution is -2.38. The predicted molar refractivity (Wildman–Crippen MR) is 84.5 cm³/mol. The molecule has 1 aromatic rings. The SMILES string of the molecule is O=C1NC(=O)c2cc(NC(=S)NC3CCCCC3)ccc21. The summed E-state index contributed by atoms with van der Waals surface area (Å²) in [5.41, 5.74) is 1.52. The number of anilines is 1. The highest BCUT2D eigenvalue weighted by Gasteiger charge is 2.26. The molecule has 2 aliphatic rings. The number of hydrogen-bond donors (Lipinski definition) is 3. The molecule has 3 rings (SSSR count). The molecule has 6 heteroatoms. The Hall–Kier alpha value is -1.95. The molecule has 1 aliphatic carbocycles. The van der Waals surface area contributed by atoms with Crippen molar-refractivity contribution in [3.8, 4) is 0 Å². The van der Waals surface area contributed by atoms with Gasteiger partial charge in [0.25, 0.3) is 11.8 Å². The molecule has 5 nitrogen and oxygen atoms in total. The molecule has 0 saturated heterocycles. The van der Waals surface area contributed by atoms with Crippen LogP contribution in [-0.4, -0.2) is 23.0 Å². The van der Waals surface area contributed by atoms with Crippen molar-refractivity contribution in [1.29, 1.82) is 0 Å². The van der Waals surface area contributed by atoms with Crippen LogP contribution in [0.4, 0.5) is 5.69 Å². The van der Waals surface area contributed by atoms with E-state index >= 15 is 0 Å². The first kappa shape index (κ1) is 14.0. The van der Waals surface area contributed by atoms with E-state index in [1.165, 1.54) is 19.3 Å². The van der Waals surface area contributed by atoms with Crippen molar-refractivity contribution in [2.45, 2.75) is 38.1 Å². The monoisotopic (exact) mass is 303 g/mol. The van der Waals surface area contributed by atoms with E-state index < -0.39 is 0 Å². The van der Waals surface area contributed by atoms with E-state index in [1.807, 2.05) is 0 Å². The van der Waals surface area contributed by atoms with Crippen LogP contribution in [0.2, 0.25) is 0 Å². The molecule has 0 bridgehead atoms. The number of thiocarbonyl (C=S) groups is 1. The number of carbonyl (C=O) groups is 2. The molecule has 1 aliphatic heterocycles. The van der Waals surface area contributed by atoms with Gasteiger partial charge in [-0.2, -0.15) is 0 Å². The molecule has 0 aromatic heterocycles. The highest BCUT2D eigenvalue weighted by molar-refractivity contribution is 7.80. The fourth-order valence-electron chi connectivity index (χ4n) is 2.85. The van der Waals surface area contributed by atoms with Crippen LogP contribution in [0.3, 0.4) is 0 Å². The van der Waals surface area contributed by atoms with Crippen molar-refractivity contribution >= 4 is 34.8 Å². The fraction of sp³-hybridized carbons (Fsp3) is 0.400. The van der Waals surface area contributed by atoms with Crippen LogP contribution in [0, 0.1) is 0 Å². The summed E-state index contributed by atoms with van der Waals surface area (Å²) < 4.78 is 0. The molecule has 0 unspecified atom stereocenters. The number of imide groups is 1. The second-order valence-electron chi connectivity index (χ2n) is 5.48. The normalized spacial score (nSPS) is 18.1. The summed E-state index contributed by atoms with van der Waals surface area (Å²) in [6.45, 7) is 0. The van der Waals surface area contributed by atoms with Gasteiger partial charge in [-0.1, -0.05) is 19.3 Å². The Labute approximate surface area is 128 Å². The van der Waals surface area contributed by atoms with Crippen LogP contribution >= 0.6 is 12.2 Å². The number of fused-ring (bicyclic) bond motifs is 1. The second kappa shape index (κ2) is 5.81. The minimum Gasteiger partial charge on any atom is -0.360 e. The minimum atomic E-state index is -0.357. The van der Waals surface area contributed by atoms with Gasteiger partial charge < -0.3 is 10.6 Å². The zero-order valence-electron chi connectivity index (χ0n) is 11.6. The summed E-state index contributed by atoms with van der Waals surface area (Å²) in [5, 5.41) is 9.23. The average molecular weight is 303 g/mol. The van der Waals surface area contributed by atoms with Crippen molar-refractivity contribution in [2.75, 3.05) is 5.32 Å². The number of hydrogen-bond acceptors (Lipinski definition) is 3. The van der Waals surface area contributed by atoms with Gasteiger partial charge in [0.2, 0.25) is 0 Å². The van der Waals surface area contributed by atoms with E-state index in [0.29, 0.717) is 28.0 Å². The summed E-state index contributed by atoms with van der Waals surface area (Å²) in [6, 6.07) is 5.48. The van der Waals surface area contributed by atoms with E-state index in [1.54, 1.807) is 18.2 Å². The molecule has 0 radical (unpaired) electrons. The van der Waals surface area contributed by atoms with Gasteiger partial charge in [-0.25, -0.2) is 0 Å². The number of nitrogens with one attached hydrogen (secondary N) is 3. The van der Waals surface area contributed by atoms with Crippen molar-refractivity contribution in [3.63, 3.8) is 0 Å². The third kappa shape index (κ3) is 3.05. The third-order valence-corrected chi connectivity index (χ3v) is 4.15. The lowest BCUT2D eigenvalue weighted by atomic mass is 9.96. The highest BCUT2D eigenvalue weighted by Crippen LogP contribution is 2.21. The Kier molecular flexibility index (Phi) is 3.88. The number of amides is 2. The maximum Gasteiger partial charge on any atom is 0.259 e. The predicted octanol–water partition coefficient (Wildman–Crippen LogP) is 2.19. The molecule has 1 aromatic carbocycles. The van der Waals surface area contributed by atoms with Crippen LogP contribution in [0.1, 0.15) is 52.8 Å². The van der Waals surface area contributed by atoms with Gasteiger partial charge in [-0.15, -0.1) is 0 Å². The lowest BCUT2D eigenvalue weighted by molar-refractivity contribution is 0.0879. The van der Waals surface area contributed by atoms with Gasteiger partial charge in [0.1, 0.15) is 0 Å². The minimum absolute atomic E-state index is 0.343. The largest absolute Gasteiger partial charge is 0.360 e. The Bertz CT molecular complexity index is 609. The smallest absolute Gasteiger partial charge is 0.259 e. The van der Waals surface area contributed by atoms with E-state index in [0.717, 1.165) is 12.8 Å². The van der Waals surface area contributed by atoms with Gasteiger partial charge in [0.05, 0.1) is 11.1 Å². The molecule has 1 saturated carbocycles. The molecule has 0 spiro atoms. The van der Waals surface area contributed by atoms with E-state index in [4.69, 9.17) is 12.2 Å². The number of rotatable bonds is 2. The first-order chi connectivity index (χ1) is 10.1. The molecule has 3 N–H and O–H groups in total. The topological polar surface area (TPSA) is 70.2 Å². The molecular weight excluding hydrogens is 286 g/mol. The molecule has 2 amide bonds. The number of carbonyl (C=O) groups excluding carboxylic acids is 2. The highest BCUT2D eigenvalue weighted by atomic mass is 32.1. The van der Waals surface area contributed by atoms with Crippen LogP contribution in [0.25, 0.3) is 0 Å². The zero-order chi connectivity index (χ0) is 14.8. The van der Waals surface area contributed by atoms with Crippen molar-refractivity contribution < 1.29 is 9.59 Å². The van der Waals surface area contributed by atoms with Gasteiger partial charge in [0, 0.05) is 11.7 Å². The van der Waals surface area contributed by atoms with Gasteiger partial charge in [0.15, 0.2) is 5.11 Å². The average Bonchev–Trinajstić information content (AvgIpc) is 2.74. The Morgan fingerprint density at radius 1 is 1.10 bits per heavy atom. The summed E-state index contributed by atoms with van der Waals surface area (Å²) in [4.78, 5) is 23.1. The third-order valence-electron chi connectivity index (χ3n) is 3.93. The van der Waals surface area contributed by atoms with Crippen LogP contribution in [0.15, 0.2) is 18.2 Å². The first-order valence-corrected chi connectivity index (χ1v) is 7.61. The molecule has 110 valence electrons. The standard InChI is InChI=1S/C15H17N3O2S/c19-13-11-7-6-10(8-12(11)14(20)18-13)17-15(21)16-9-4-2-1-3-5-9/h6-9H,1-5H2,(H2,16,17,21)(H,18,19,20). The summed E-state index contributed by atoms with van der Waals surface area (Å²) in [6.07, 6.45) is 6.06. The van der Waals surface area contributed by atoms with Crippen molar-refractivity contribution in [2.24, 2.45) is 0 Å². The fourth-order valence-corrected chi connectivity index (χ4v) is 3.13. The summed E-state index contributed by atoms with van der Waals surface area (Å²) >= 11 is 5.31. The van der Waals surface area contributed by atoms with Gasteiger partial charge in [-0.05, 0) is 43.3 Å². The van der Waals surface area contributed by atoms with Crippen molar-refractivity contribution in [3.05, 3.63) is 29.3 Å². The van der Waals surface area contributed by atoms with E-state index in [-0.39, 0.29) is 11.8 Å². The van der Waals surface area contributed by atoms with Gasteiger partial charge in [-0.3, -0.25) is 14.9 Å². The molecule has 1 heterocycles. The number of benzene rings is 1. The quantitative estimate of drug-likeness (QED) is 0.577. The molecular formula is C15H17N3O2S. The maximum absolute atomic E-state index is 11.6. The Morgan fingerprint density at radius 3 is 2.57 bits per heavy atom. The van der Waals surface area contributed by atoms with Gasteiger partial charge >= 0.3 is 0 Å². The zero-order valence-corrected chi connectivity index (χ0v) is 12.4. The van der Waals surface area contributed by atoms with Crippen molar-refractivity contribution in [1.82, 2.24) is 10.6 Å². The van der Waals surface area contributed by atoms with Crippen LogP contribution in [0.5, 0.6) is 0 Å². The Balaban J connectivity index is 1.65. The molecule has 21 heavy (non-hydrogen) atoms. The summed E-state index contributed by atoms with van der Waals surface area (Å²) in [7, 11) is 0. The molecule has 0 atom stereocenters.